The molecule has 8 nitrogen and oxygen atoms in total. The lowest BCUT2D eigenvalue weighted by Gasteiger charge is -2.04. The Morgan fingerprint density at radius 2 is 1.82 bits per heavy atom. The van der Waals surface area contributed by atoms with Gasteiger partial charge in [0, 0.05) is 35.9 Å². The van der Waals surface area contributed by atoms with Crippen LogP contribution in [0.1, 0.15) is 12.5 Å². The van der Waals surface area contributed by atoms with Crippen LogP contribution in [0.5, 0.6) is 0 Å². The van der Waals surface area contributed by atoms with Crippen LogP contribution in [-0.2, 0) is 29.2 Å². The highest BCUT2D eigenvalue weighted by molar-refractivity contribution is 8.00. The van der Waals surface area contributed by atoms with Gasteiger partial charge in [-0.25, -0.2) is 0 Å². The van der Waals surface area contributed by atoms with Crippen molar-refractivity contribution in [1.82, 2.24) is 24.9 Å². The van der Waals surface area contributed by atoms with Gasteiger partial charge in [0.1, 0.15) is 6.54 Å². The number of rotatable bonds is 9. The molecule has 0 aliphatic rings. The summed E-state index contributed by atoms with van der Waals surface area (Å²) >= 11 is 1.46. The van der Waals surface area contributed by atoms with E-state index in [9.17, 15) is 9.59 Å². The van der Waals surface area contributed by atoms with Crippen LogP contribution in [0.3, 0.4) is 0 Å². The number of aromatic nitrogens is 4. The Balaban J connectivity index is 1.41. The molecule has 0 spiro atoms. The zero-order valence-corrected chi connectivity index (χ0v) is 16.4. The fourth-order valence-electron chi connectivity index (χ4n) is 2.45. The van der Waals surface area contributed by atoms with Gasteiger partial charge in [0.05, 0.1) is 23.8 Å². The Bertz CT molecular complexity index is 921. The average molecular weight is 398 g/mol. The number of aryl methyl sites for hydroxylation is 1. The second kappa shape index (κ2) is 9.75. The molecule has 9 heteroatoms. The molecule has 0 bridgehead atoms. The number of hydrogen-bond acceptors (Lipinski definition) is 5. The Morgan fingerprint density at radius 1 is 1.04 bits per heavy atom. The SMILES string of the molecule is CCn1cc(CNC(=O)Cn2cc(NC(=O)CSc3ccccc3)cn2)cn1. The molecule has 0 unspecified atom stereocenters. The Labute approximate surface area is 167 Å². The largest absolute Gasteiger partial charge is 0.350 e. The highest BCUT2D eigenvalue weighted by Gasteiger charge is 2.08. The molecule has 3 aromatic rings. The van der Waals surface area contributed by atoms with Gasteiger partial charge in [0.15, 0.2) is 0 Å². The van der Waals surface area contributed by atoms with Gasteiger partial charge in [0.25, 0.3) is 0 Å². The minimum absolute atomic E-state index is 0.0799. The molecule has 2 amide bonds. The fraction of sp³-hybridized carbons (Fsp3) is 0.263. The summed E-state index contributed by atoms with van der Waals surface area (Å²) in [5.41, 5.74) is 1.51. The number of hydrogen-bond donors (Lipinski definition) is 2. The molecular formula is C19H22N6O2S. The van der Waals surface area contributed by atoms with Crippen LogP contribution >= 0.6 is 11.8 Å². The van der Waals surface area contributed by atoms with Crippen molar-refractivity contribution >= 4 is 29.3 Å². The molecule has 0 atom stereocenters. The summed E-state index contributed by atoms with van der Waals surface area (Å²) in [4.78, 5) is 25.1. The van der Waals surface area contributed by atoms with Gasteiger partial charge in [-0.05, 0) is 19.1 Å². The summed E-state index contributed by atoms with van der Waals surface area (Å²) in [6, 6.07) is 9.73. The number of anilines is 1. The normalized spacial score (nSPS) is 10.6. The highest BCUT2D eigenvalue weighted by Crippen LogP contribution is 2.17. The van der Waals surface area contributed by atoms with E-state index in [4.69, 9.17) is 0 Å². The van der Waals surface area contributed by atoms with Gasteiger partial charge in [-0.2, -0.15) is 10.2 Å². The Kier molecular flexibility index (Phi) is 6.85. The molecule has 0 saturated carbocycles. The summed E-state index contributed by atoms with van der Waals surface area (Å²) < 4.78 is 3.30. The molecule has 0 aliphatic carbocycles. The van der Waals surface area contributed by atoms with E-state index in [2.05, 4.69) is 20.8 Å². The predicted octanol–water partition coefficient (Wildman–Crippen LogP) is 2.15. The summed E-state index contributed by atoms with van der Waals surface area (Å²) in [5.74, 6) is 0.0249. The maximum atomic E-state index is 12.1. The van der Waals surface area contributed by atoms with E-state index in [1.807, 2.05) is 43.5 Å². The van der Waals surface area contributed by atoms with E-state index < -0.39 is 0 Å². The quantitative estimate of drug-likeness (QED) is 0.539. The van der Waals surface area contributed by atoms with E-state index in [1.165, 1.54) is 22.6 Å². The summed E-state index contributed by atoms with van der Waals surface area (Å²) in [5, 5.41) is 13.9. The molecule has 0 saturated heterocycles. The highest BCUT2D eigenvalue weighted by atomic mass is 32.2. The molecule has 2 aromatic heterocycles. The van der Waals surface area contributed by atoms with Crippen molar-refractivity contribution < 1.29 is 9.59 Å². The van der Waals surface area contributed by atoms with Gasteiger partial charge in [0.2, 0.25) is 11.8 Å². The van der Waals surface area contributed by atoms with Crippen LogP contribution in [0.15, 0.2) is 60.0 Å². The van der Waals surface area contributed by atoms with Crippen molar-refractivity contribution in [1.29, 1.82) is 0 Å². The van der Waals surface area contributed by atoms with Crippen molar-refractivity contribution in [2.45, 2.75) is 31.5 Å². The second-order valence-corrected chi connectivity index (χ2v) is 7.11. The lowest BCUT2D eigenvalue weighted by atomic mass is 10.3. The zero-order chi connectivity index (χ0) is 19.8. The van der Waals surface area contributed by atoms with Gasteiger partial charge < -0.3 is 10.6 Å². The van der Waals surface area contributed by atoms with E-state index in [0.717, 1.165) is 17.0 Å². The van der Waals surface area contributed by atoms with Crippen LogP contribution in [0.4, 0.5) is 5.69 Å². The third-order valence-electron chi connectivity index (χ3n) is 3.84. The number of carbonyl (C=O) groups excluding carboxylic acids is 2. The first-order chi connectivity index (χ1) is 13.6. The minimum Gasteiger partial charge on any atom is -0.350 e. The maximum Gasteiger partial charge on any atom is 0.242 e. The first-order valence-electron chi connectivity index (χ1n) is 8.90. The average Bonchev–Trinajstić information content (AvgIpc) is 3.35. The standard InChI is InChI=1S/C19H22N6O2S/c1-2-24-11-15(9-21-24)8-20-18(26)13-25-12-16(10-22-25)23-19(27)14-28-17-6-4-3-5-7-17/h3-7,9-12H,2,8,13-14H2,1H3,(H,20,26)(H,23,27). The molecule has 0 radical (unpaired) electrons. The fourth-order valence-corrected chi connectivity index (χ4v) is 3.17. The van der Waals surface area contributed by atoms with Crippen molar-refractivity contribution in [3.63, 3.8) is 0 Å². The predicted molar refractivity (Wildman–Crippen MR) is 108 cm³/mol. The number of thioether (sulfide) groups is 1. The van der Waals surface area contributed by atoms with Gasteiger partial charge in [-0.15, -0.1) is 11.8 Å². The molecule has 28 heavy (non-hydrogen) atoms. The first-order valence-corrected chi connectivity index (χ1v) is 9.89. The maximum absolute atomic E-state index is 12.1. The summed E-state index contributed by atoms with van der Waals surface area (Å²) in [6.07, 6.45) is 6.80. The van der Waals surface area contributed by atoms with Crippen LogP contribution in [-0.4, -0.2) is 37.1 Å². The Hall–Kier alpha value is -3.07. The van der Waals surface area contributed by atoms with Crippen molar-refractivity contribution in [3.05, 3.63) is 60.7 Å². The molecule has 0 fully saturated rings. The van der Waals surface area contributed by atoms with Gasteiger partial charge in [-0.1, -0.05) is 18.2 Å². The summed E-state index contributed by atoms with van der Waals surface area (Å²) in [6.45, 7) is 3.29. The molecule has 146 valence electrons. The topological polar surface area (TPSA) is 93.8 Å². The number of carbonyl (C=O) groups is 2. The van der Waals surface area contributed by atoms with Crippen molar-refractivity contribution in [2.75, 3.05) is 11.1 Å². The van der Waals surface area contributed by atoms with Crippen molar-refractivity contribution in [3.8, 4) is 0 Å². The Morgan fingerprint density at radius 3 is 2.57 bits per heavy atom. The second-order valence-electron chi connectivity index (χ2n) is 6.06. The molecule has 3 rings (SSSR count). The van der Waals surface area contributed by atoms with Crippen LogP contribution in [0.25, 0.3) is 0 Å². The lowest BCUT2D eigenvalue weighted by Crippen LogP contribution is -2.27. The third kappa shape index (κ3) is 5.98. The number of benzene rings is 1. The monoisotopic (exact) mass is 398 g/mol. The first kappa shape index (κ1) is 19.7. The van der Waals surface area contributed by atoms with Crippen molar-refractivity contribution in [2.24, 2.45) is 0 Å². The zero-order valence-electron chi connectivity index (χ0n) is 15.5. The van der Waals surface area contributed by atoms with E-state index >= 15 is 0 Å². The van der Waals surface area contributed by atoms with E-state index in [1.54, 1.807) is 17.1 Å². The van der Waals surface area contributed by atoms with Crippen LogP contribution < -0.4 is 10.6 Å². The molecule has 1 aromatic carbocycles. The number of nitrogens with zero attached hydrogens (tertiary/aromatic N) is 4. The van der Waals surface area contributed by atoms with Gasteiger partial charge >= 0.3 is 0 Å². The van der Waals surface area contributed by atoms with E-state index in [0.29, 0.717) is 18.0 Å². The smallest absolute Gasteiger partial charge is 0.242 e. The lowest BCUT2D eigenvalue weighted by molar-refractivity contribution is -0.122. The molecule has 2 N–H and O–H groups in total. The summed E-state index contributed by atoms with van der Waals surface area (Å²) in [7, 11) is 0. The minimum atomic E-state index is -0.162. The molecule has 0 aliphatic heterocycles. The molecular weight excluding hydrogens is 376 g/mol. The van der Waals surface area contributed by atoms with Crippen LogP contribution in [0.2, 0.25) is 0 Å². The van der Waals surface area contributed by atoms with Gasteiger partial charge in [-0.3, -0.25) is 19.0 Å². The molecule has 2 heterocycles. The number of nitrogens with one attached hydrogen (secondary N) is 2. The third-order valence-corrected chi connectivity index (χ3v) is 4.85. The number of amides is 2. The van der Waals surface area contributed by atoms with Crippen LogP contribution in [0, 0.1) is 0 Å². The van der Waals surface area contributed by atoms with E-state index in [-0.39, 0.29) is 18.4 Å².